The lowest BCUT2D eigenvalue weighted by Crippen LogP contribution is -2.44. The molecule has 0 aliphatic carbocycles. The van der Waals surface area contributed by atoms with Crippen LogP contribution in [0.25, 0.3) is 0 Å². The first-order valence-corrected chi connectivity index (χ1v) is 9.02. The Morgan fingerprint density at radius 2 is 1.75 bits per heavy atom. The average Bonchev–Trinajstić information content (AvgIpc) is 3.27. The van der Waals surface area contributed by atoms with E-state index in [4.69, 9.17) is 23.7 Å². The number of esters is 1. The van der Waals surface area contributed by atoms with Crippen LogP contribution in [-0.2, 0) is 22.4 Å². The quantitative estimate of drug-likeness (QED) is 0.762. The highest BCUT2D eigenvalue weighted by Gasteiger charge is 2.51. The minimum atomic E-state index is -1.61. The molecule has 1 fully saturated rings. The second kappa shape index (κ2) is 7.24. The van der Waals surface area contributed by atoms with Gasteiger partial charge in [-0.25, -0.2) is 4.79 Å². The highest BCUT2D eigenvalue weighted by atomic mass is 16.7. The molecule has 1 saturated heterocycles. The first-order valence-electron chi connectivity index (χ1n) is 9.02. The van der Waals surface area contributed by atoms with Gasteiger partial charge in [0.15, 0.2) is 28.6 Å². The van der Waals surface area contributed by atoms with Crippen molar-refractivity contribution in [2.24, 2.45) is 5.92 Å². The fourth-order valence-electron chi connectivity index (χ4n) is 3.70. The number of cyclic esters (lactones) is 1. The summed E-state index contributed by atoms with van der Waals surface area (Å²) in [7, 11) is 3.14. The van der Waals surface area contributed by atoms with E-state index in [1.54, 1.807) is 26.4 Å². The van der Waals surface area contributed by atoms with Crippen LogP contribution in [0.4, 0.5) is 0 Å². The van der Waals surface area contributed by atoms with Crippen LogP contribution in [0.15, 0.2) is 36.4 Å². The zero-order valence-electron chi connectivity index (χ0n) is 15.8. The van der Waals surface area contributed by atoms with Crippen molar-refractivity contribution in [1.29, 1.82) is 0 Å². The second-order valence-corrected chi connectivity index (χ2v) is 6.98. The van der Waals surface area contributed by atoms with E-state index in [2.05, 4.69) is 0 Å². The molecule has 7 heteroatoms. The van der Waals surface area contributed by atoms with Gasteiger partial charge in [-0.1, -0.05) is 12.1 Å². The summed E-state index contributed by atoms with van der Waals surface area (Å²) >= 11 is 0. The topological polar surface area (TPSA) is 83.5 Å². The number of fused-ring (bicyclic) bond motifs is 1. The first-order chi connectivity index (χ1) is 13.5. The lowest BCUT2D eigenvalue weighted by molar-refractivity contribution is -0.154. The minimum absolute atomic E-state index is 0.139. The standard InChI is InChI=1S/C21H22O7/c1-24-16-5-3-13(8-18(16)25-2)7-15-11-26-20(22)21(15,23)10-14-4-6-17-19(9-14)28-12-27-17/h3-6,8-9,15,23H,7,10-12H2,1-2H3/t15-,21-/m0/s1. The van der Waals surface area contributed by atoms with Crippen LogP contribution >= 0.6 is 0 Å². The van der Waals surface area contributed by atoms with E-state index >= 15 is 0 Å². The molecule has 4 rings (SSSR count). The van der Waals surface area contributed by atoms with Crippen LogP contribution in [0.1, 0.15) is 11.1 Å². The minimum Gasteiger partial charge on any atom is -0.493 e. The summed E-state index contributed by atoms with van der Waals surface area (Å²) in [6, 6.07) is 10.9. The summed E-state index contributed by atoms with van der Waals surface area (Å²) < 4.78 is 26.5. The predicted octanol–water partition coefficient (Wildman–Crippen LogP) is 2.12. The highest BCUT2D eigenvalue weighted by molar-refractivity contribution is 5.82. The summed E-state index contributed by atoms with van der Waals surface area (Å²) in [6.07, 6.45) is 0.605. The van der Waals surface area contributed by atoms with E-state index in [1.807, 2.05) is 24.3 Å². The molecule has 0 saturated carbocycles. The smallest absolute Gasteiger partial charge is 0.338 e. The Morgan fingerprint density at radius 3 is 2.54 bits per heavy atom. The molecule has 2 aromatic carbocycles. The molecule has 2 heterocycles. The molecule has 7 nitrogen and oxygen atoms in total. The summed E-state index contributed by atoms with van der Waals surface area (Å²) in [5.74, 6) is 1.51. The van der Waals surface area contributed by atoms with E-state index in [9.17, 15) is 9.90 Å². The van der Waals surface area contributed by atoms with E-state index in [1.165, 1.54) is 0 Å². The first kappa shape index (κ1) is 18.4. The molecule has 0 amide bonds. The third kappa shape index (κ3) is 3.22. The van der Waals surface area contributed by atoms with Crippen LogP contribution in [0.5, 0.6) is 23.0 Å². The van der Waals surface area contributed by atoms with E-state index < -0.39 is 11.6 Å². The summed E-state index contributed by atoms with van der Waals surface area (Å²) in [5.41, 5.74) is 0.0916. The Hall–Kier alpha value is -2.93. The molecule has 2 atom stereocenters. The zero-order valence-corrected chi connectivity index (χ0v) is 15.8. The molecule has 28 heavy (non-hydrogen) atoms. The largest absolute Gasteiger partial charge is 0.493 e. The third-order valence-electron chi connectivity index (χ3n) is 5.29. The molecule has 0 unspecified atom stereocenters. The number of carbonyl (C=O) groups excluding carboxylic acids is 1. The van der Waals surface area contributed by atoms with E-state index in [0.29, 0.717) is 29.4 Å². The van der Waals surface area contributed by atoms with Crippen molar-refractivity contribution < 1.29 is 33.6 Å². The Kier molecular flexibility index (Phi) is 4.77. The maximum Gasteiger partial charge on any atom is 0.338 e. The molecule has 2 aliphatic rings. The van der Waals surface area contributed by atoms with Gasteiger partial charge in [-0.15, -0.1) is 0 Å². The Bertz CT molecular complexity index is 894. The van der Waals surface area contributed by atoms with Crippen LogP contribution in [0.2, 0.25) is 0 Å². The molecule has 2 aromatic rings. The van der Waals surface area contributed by atoms with Crippen molar-refractivity contribution in [2.45, 2.75) is 18.4 Å². The van der Waals surface area contributed by atoms with Gasteiger partial charge in [0.25, 0.3) is 0 Å². The molecular formula is C21H22O7. The fraction of sp³-hybridized carbons (Fsp3) is 0.381. The normalized spacial score (nSPS) is 22.8. The third-order valence-corrected chi connectivity index (χ3v) is 5.29. The van der Waals surface area contributed by atoms with Crippen molar-refractivity contribution >= 4 is 5.97 Å². The SMILES string of the molecule is COc1ccc(C[C@H]2COC(=O)[C@]2(O)Cc2ccc3c(c2)OCO3)cc1OC. The molecule has 0 spiro atoms. The number of carbonyl (C=O) groups is 1. The lowest BCUT2D eigenvalue weighted by atomic mass is 9.81. The van der Waals surface area contributed by atoms with Gasteiger partial charge in [0.1, 0.15) is 0 Å². The second-order valence-electron chi connectivity index (χ2n) is 6.98. The van der Waals surface area contributed by atoms with E-state index in [0.717, 1.165) is 11.1 Å². The number of rotatable bonds is 6. The maximum atomic E-state index is 12.4. The van der Waals surface area contributed by atoms with Crippen molar-refractivity contribution in [3.05, 3.63) is 47.5 Å². The van der Waals surface area contributed by atoms with Gasteiger partial charge >= 0.3 is 5.97 Å². The Balaban J connectivity index is 1.56. The van der Waals surface area contributed by atoms with Crippen LogP contribution < -0.4 is 18.9 Å². The van der Waals surface area contributed by atoms with Crippen molar-refractivity contribution in [2.75, 3.05) is 27.6 Å². The van der Waals surface area contributed by atoms with Crippen molar-refractivity contribution in [1.82, 2.24) is 0 Å². The van der Waals surface area contributed by atoms with E-state index in [-0.39, 0.29) is 25.7 Å². The van der Waals surface area contributed by atoms with Gasteiger partial charge in [0, 0.05) is 12.3 Å². The molecule has 1 N–H and O–H groups in total. The summed E-state index contributed by atoms with van der Waals surface area (Å²) in [5, 5.41) is 11.2. The summed E-state index contributed by atoms with van der Waals surface area (Å²) in [4.78, 5) is 12.4. The van der Waals surface area contributed by atoms with Gasteiger partial charge in [-0.3, -0.25) is 0 Å². The number of aliphatic hydroxyl groups is 1. The van der Waals surface area contributed by atoms with Gasteiger partial charge in [-0.2, -0.15) is 0 Å². The number of hydrogen-bond donors (Lipinski definition) is 1. The Labute approximate surface area is 162 Å². The fourth-order valence-corrected chi connectivity index (χ4v) is 3.70. The predicted molar refractivity (Wildman–Crippen MR) is 98.9 cm³/mol. The number of benzene rings is 2. The zero-order chi connectivity index (χ0) is 19.7. The lowest BCUT2D eigenvalue weighted by Gasteiger charge is -2.25. The van der Waals surface area contributed by atoms with Crippen molar-refractivity contribution in [3.8, 4) is 23.0 Å². The van der Waals surface area contributed by atoms with Crippen LogP contribution in [0.3, 0.4) is 0 Å². The molecule has 2 aliphatic heterocycles. The number of methoxy groups -OCH3 is 2. The maximum absolute atomic E-state index is 12.4. The van der Waals surface area contributed by atoms with Crippen LogP contribution in [-0.4, -0.2) is 44.3 Å². The monoisotopic (exact) mass is 386 g/mol. The van der Waals surface area contributed by atoms with Gasteiger partial charge < -0.3 is 28.8 Å². The van der Waals surface area contributed by atoms with Gasteiger partial charge in [-0.05, 0) is 41.8 Å². The molecule has 0 radical (unpaired) electrons. The van der Waals surface area contributed by atoms with Gasteiger partial charge in [0.2, 0.25) is 6.79 Å². The molecule has 0 bridgehead atoms. The number of ether oxygens (including phenoxy) is 5. The molecule has 0 aromatic heterocycles. The number of hydrogen-bond acceptors (Lipinski definition) is 7. The molecular weight excluding hydrogens is 364 g/mol. The molecule has 148 valence electrons. The Morgan fingerprint density at radius 1 is 1.00 bits per heavy atom. The van der Waals surface area contributed by atoms with Gasteiger partial charge in [0.05, 0.1) is 20.8 Å². The van der Waals surface area contributed by atoms with Crippen molar-refractivity contribution in [3.63, 3.8) is 0 Å². The summed E-state index contributed by atoms with van der Waals surface area (Å²) in [6.45, 7) is 0.335. The highest BCUT2D eigenvalue weighted by Crippen LogP contribution is 2.38. The van der Waals surface area contributed by atoms with Crippen LogP contribution in [0, 0.1) is 5.92 Å². The average molecular weight is 386 g/mol.